The number of piperidine rings is 1. The van der Waals surface area contributed by atoms with E-state index in [1.165, 1.54) is 58.6 Å². The predicted octanol–water partition coefficient (Wildman–Crippen LogP) is 2.27. The number of hydrogen-bond acceptors (Lipinski definition) is 8. The summed E-state index contributed by atoms with van der Waals surface area (Å²) in [7, 11) is 3.27. The number of aromatic nitrogens is 6. The molecule has 43 heavy (non-hydrogen) atoms. The smallest absolute Gasteiger partial charge is 0.353 e. The van der Waals surface area contributed by atoms with Gasteiger partial charge in [-0.1, -0.05) is 35.2 Å². The fourth-order valence-corrected chi connectivity index (χ4v) is 6.96. The molecule has 0 radical (unpaired) electrons. The minimum Gasteiger partial charge on any atom is -0.378 e. The molecule has 0 N–H and O–H groups in total. The van der Waals surface area contributed by atoms with Crippen LogP contribution < -0.4 is 22.8 Å². The number of fused-ring (bicyclic) bond motifs is 2. The van der Waals surface area contributed by atoms with E-state index < -0.39 is 11.4 Å². The Balaban J connectivity index is 0.000000255. The molecule has 2 atom stereocenters. The molecule has 2 aliphatic heterocycles. The lowest BCUT2D eigenvalue weighted by Crippen LogP contribution is -2.47. The monoisotopic (exact) mass is 665 g/mol. The van der Waals surface area contributed by atoms with E-state index >= 15 is 0 Å². The molecule has 3 fully saturated rings. The standard InChI is InChI=1S/C22H36N4O3.C8H12BrN3O2/c1-16-23-21(27)26(22(28)24(16)2)12-6-11-25-18-9-10-19(25)14-20(13-18)29-15-17-7-4-3-5-8-17;1-6-10-7(13)12(5-3-4-9)8(14)11(6)2/h17-20H,3-15H2,1-2H3;3-5H2,1-2H3. The quantitative estimate of drug-likeness (QED) is 0.354. The maximum absolute atomic E-state index is 12.3. The van der Waals surface area contributed by atoms with Gasteiger partial charge in [0.1, 0.15) is 11.6 Å². The summed E-state index contributed by atoms with van der Waals surface area (Å²) in [5, 5.41) is 0.760. The van der Waals surface area contributed by atoms with Crippen molar-refractivity contribution in [2.24, 2.45) is 20.0 Å². The molecule has 0 amide bonds. The molecular weight excluding hydrogens is 618 g/mol. The van der Waals surface area contributed by atoms with Crippen molar-refractivity contribution in [1.82, 2.24) is 33.1 Å². The van der Waals surface area contributed by atoms with Crippen LogP contribution in [-0.2, 0) is 31.9 Å². The summed E-state index contributed by atoms with van der Waals surface area (Å²) in [5.41, 5.74) is -1.46. The van der Waals surface area contributed by atoms with Crippen molar-refractivity contribution >= 4 is 15.9 Å². The Labute approximate surface area is 261 Å². The Morgan fingerprint density at radius 1 is 0.744 bits per heavy atom. The minimum absolute atomic E-state index is 0.264. The highest BCUT2D eigenvalue weighted by molar-refractivity contribution is 9.09. The van der Waals surface area contributed by atoms with Crippen molar-refractivity contribution in [1.29, 1.82) is 0 Å². The predicted molar refractivity (Wildman–Crippen MR) is 169 cm³/mol. The molecule has 13 heteroatoms. The summed E-state index contributed by atoms with van der Waals surface area (Å²) in [6.45, 7) is 6.06. The van der Waals surface area contributed by atoms with Crippen LogP contribution in [0.5, 0.6) is 0 Å². The second-order valence-corrected chi connectivity index (χ2v) is 13.1. The fraction of sp³-hybridized carbons (Fsp3) is 0.800. The van der Waals surface area contributed by atoms with Gasteiger partial charge in [0.05, 0.1) is 6.10 Å². The highest BCUT2D eigenvalue weighted by Gasteiger charge is 2.40. The molecule has 1 saturated carbocycles. The zero-order valence-corrected chi connectivity index (χ0v) is 27.8. The van der Waals surface area contributed by atoms with E-state index in [1.54, 1.807) is 27.9 Å². The SMILES string of the molecule is Cc1nc(=O)n(CCCBr)c(=O)n1C.Cc1nc(=O)n(CCCN2C3CCC2CC(OCC2CCCCC2)C3)c(=O)n1C. The number of rotatable bonds is 10. The lowest BCUT2D eigenvalue weighted by Gasteiger charge is -2.39. The van der Waals surface area contributed by atoms with E-state index in [9.17, 15) is 19.2 Å². The molecule has 0 aromatic carbocycles. The van der Waals surface area contributed by atoms with Gasteiger partial charge >= 0.3 is 22.8 Å². The Kier molecular flexibility index (Phi) is 12.1. The van der Waals surface area contributed by atoms with Crippen molar-refractivity contribution in [3.05, 3.63) is 53.6 Å². The molecule has 2 aromatic heterocycles. The molecule has 0 spiro atoms. The lowest BCUT2D eigenvalue weighted by molar-refractivity contribution is -0.0369. The van der Waals surface area contributed by atoms with E-state index in [1.807, 2.05) is 0 Å². The van der Waals surface area contributed by atoms with E-state index in [0.29, 0.717) is 42.9 Å². The van der Waals surface area contributed by atoms with Crippen LogP contribution in [0, 0.1) is 19.8 Å². The summed E-state index contributed by atoms with van der Waals surface area (Å²) in [6.07, 6.45) is 13.6. The molecule has 1 aliphatic carbocycles. The first-order valence-corrected chi connectivity index (χ1v) is 16.9. The van der Waals surface area contributed by atoms with E-state index in [2.05, 4.69) is 30.8 Å². The van der Waals surface area contributed by atoms with Crippen LogP contribution in [0.1, 0.15) is 82.3 Å². The molecule has 2 unspecified atom stereocenters. The van der Waals surface area contributed by atoms with E-state index in [4.69, 9.17) is 4.74 Å². The van der Waals surface area contributed by atoms with Crippen LogP contribution in [0.3, 0.4) is 0 Å². The van der Waals surface area contributed by atoms with Gasteiger partial charge in [-0.25, -0.2) is 28.3 Å². The highest BCUT2D eigenvalue weighted by atomic mass is 79.9. The number of hydrogen-bond donors (Lipinski definition) is 0. The van der Waals surface area contributed by atoms with E-state index in [0.717, 1.165) is 54.7 Å². The Bertz CT molecular complexity index is 1440. The molecule has 3 aliphatic rings. The number of aryl methyl sites for hydroxylation is 2. The molecule has 2 aromatic rings. The van der Waals surface area contributed by atoms with Gasteiger partial charge in [-0.3, -0.25) is 14.0 Å². The van der Waals surface area contributed by atoms with Crippen molar-refractivity contribution in [3.63, 3.8) is 0 Å². The average Bonchev–Trinajstić information content (AvgIpc) is 3.22. The van der Waals surface area contributed by atoms with Gasteiger partial charge in [0.2, 0.25) is 0 Å². The zero-order chi connectivity index (χ0) is 31.1. The third kappa shape index (κ3) is 8.42. The summed E-state index contributed by atoms with van der Waals surface area (Å²) >= 11 is 3.24. The van der Waals surface area contributed by atoms with Gasteiger partial charge in [-0.15, -0.1) is 0 Å². The summed E-state index contributed by atoms with van der Waals surface area (Å²) in [5.74, 6) is 1.68. The number of halogens is 1. The van der Waals surface area contributed by atoms with Crippen molar-refractivity contribution < 1.29 is 4.74 Å². The molecular formula is C30H48BrN7O5. The minimum atomic E-state index is -0.466. The van der Waals surface area contributed by atoms with Crippen molar-refractivity contribution in [3.8, 4) is 0 Å². The zero-order valence-electron chi connectivity index (χ0n) is 26.2. The van der Waals surface area contributed by atoms with Crippen molar-refractivity contribution in [2.75, 3.05) is 18.5 Å². The van der Waals surface area contributed by atoms with Gasteiger partial charge in [-0.05, 0) is 71.1 Å². The second kappa shape index (κ2) is 15.6. The molecule has 4 heterocycles. The number of alkyl halides is 1. The first-order chi connectivity index (χ1) is 20.6. The fourth-order valence-electron chi connectivity index (χ4n) is 6.71. The number of nitrogens with zero attached hydrogens (tertiary/aromatic N) is 7. The van der Waals surface area contributed by atoms with Gasteiger partial charge < -0.3 is 4.74 Å². The topological polar surface area (TPSA) is 126 Å². The molecule has 2 bridgehead atoms. The Morgan fingerprint density at radius 3 is 1.77 bits per heavy atom. The maximum atomic E-state index is 12.3. The number of ether oxygens (including phenoxy) is 1. The van der Waals surface area contributed by atoms with Crippen LogP contribution in [0.4, 0.5) is 0 Å². The third-order valence-electron chi connectivity index (χ3n) is 9.43. The Hall–Kier alpha value is -2.38. The normalized spacial score (nSPS) is 22.4. The van der Waals surface area contributed by atoms with Crippen LogP contribution in [0.15, 0.2) is 19.2 Å². The lowest BCUT2D eigenvalue weighted by atomic mass is 9.90. The maximum Gasteiger partial charge on any atom is 0.353 e. The first kappa shape index (κ1) is 33.5. The van der Waals surface area contributed by atoms with Crippen LogP contribution in [-0.4, -0.2) is 69.8 Å². The van der Waals surface area contributed by atoms with Crippen LogP contribution in [0.25, 0.3) is 0 Å². The molecule has 2 saturated heterocycles. The van der Waals surface area contributed by atoms with Crippen molar-refractivity contribution in [2.45, 2.75) is 116 Å². The van der Waals surface area contributed by atoms with Crippen LogP contribution in [0.2, 0.25) is 0 Å². The summed E-state index contributed by atoms with van der Waals surface area (Å²) in [4.78, 5) is 57.7. The summed E-state index contributed by atoms with van der Waals surface area (Å²) in [6, 6.07) is 1.20. The van der Waals surface area contributed by atoms with Gasteiger partial charge in [0.15, 0.2) is 0 Å². The van der Waals surface area contributed by atoms with Crippen LogP contribution >= 0.6 is 15.9 Å². The van der Waals surface area contributed by atoms with E-state index in [-0.39, 0.29) is 11.4 Å². The first-order valence-electron chi connectivity index (χ1n) is 15.8. The van der Waals surface area contributed by atoms with Gasteiger partial charge in [0, 0.05) is 57.8 Å². The average molecular weight is 667 g/mol. The van der Waals surface area contributed by atoms with Gasteiger partial charge in [0.25, 0.3) is 0 Å². The largest absolute Gasteiger partial charge is 0.378 e. The third-order valence-corrected chi connectivity index (χ3v) is 9.99. The molecule has 12 nitrogen and oxygen atoms in total. The molecule has 240 valence electrons. The highest BCUT2D eigenvalue weighted by Crippen LogP contribution is 2.37. The molecule has 5 rings (SSSR count). The summed E-state index contributed by atoms with van der Waals surface area (Å²) < 4.78 is 11.6. The Morgan fingerprint density at radius 2 is 1.26 bits per heavy atom. The second-order valence-electron chi connectivity index (χ2n) is 12.3. The van der Waals surface area contributed by atoms with Gasteiger partial charge in [-0.2, -0.15) is 9.97 Å².